The second kappa shape index (κ2) is 4.19. The molecule has 0 bridgehead atoms. The number of ketones is 1. The molecular formula is C14H16O3S. The topological polar surface area (TPSA) is 51.2 Å². The van der Waals surface area contributed by atoms with Crippen molar-refractivity contribution in [2.75, 3.05) is 11.5 Å². The van der Waals surface area contributed by atoms with Gasteiger partial charge in [-0.05, 0) is 29.9 Å². The zero-order valence-corrected chi connectivity index (χ0v) is 10.9. The van der Waals surface area contributed by atoms with Crippen molar-refractivity contribution in [1.82, 2.24) is 0 Å². The van der Waals surface area contributed by atoms with Crippen molar-refractivity contribution in [3.05, 3.63) is 35.4 Å². The van der Waals surface area contributed by atoms with Gasteiger partial charge in [-0.25, -0.2) is 8.42 Å². The molecule has 0 radical (unpaired) electrons. The summed E-state index contributed by atoms with van der Waals surface area (Å²) in [4.78, 5) is 12.1. The monoisotopic (exact) mass is 264 g/mol. The quantitative estimate of drug-likeness (QED) is 0.835. The van der Waals surface area contributed by atoms with Crippen LogP contribution in [0.1, 0.15) is 29.9 Å². The van der Waals surface area contributed by atoms with Crippen LogP contribution in [0.2, 0.25) is 0 Å². The normalized spacial score (nSPS) is 28.4. The maximum Gasteiger partial charge on any atom is 0.151 e. The van der Waals surface area contributed by atoms with E-state index in [0.717, 1.165) is 6.42 Å². The Morgan fingerprint density at radius 3 is 2.72 bits per heavy atom. The van der Waals surface area contributed by atoms with Gasteiger partial charge in [0.15, 0.2) is 9.84 Å². The lowest BCUT2D eigenvalue weighted by atomic mass is 9.74. The van der Waals surface area contributed by atoms with Crippen LogP contribution in [0.25, 0.3) is 0 Å². The van der Waals surface area contributed by atoms with Crippen LogP contribution >= 0.6 is 0 Å². The number of carbonyl (C=O) groups is 1. The molecule has 2 unspecified atom stereocenters. The number of fused-ring (bicyclic) bond motifs is 1. The van der Waals surface area contributed by atoms with Crippen LogP contribution < -0.4 is 0 Å². The number of benzene rings is 1. The molecule has 0 saturated carbocycles. The Kier molecular flexibility index (Phi) is 2.77. The summed E-state index contributed by atoms with van der Waals surface area (Å²) in [6, 6.07) is 8.18. The third-order valence-electron chi connectivity index (χ3n) is 4.10. The van der Waals surface area contributed by atoms with E-state index >= 15 is 0 Å². The lowest BCUT2D eigenvalue weighted by Crippen LogP contribution is -2.24. The fraction of sp³-hybridized carbons (Fsp3) is 0.500. The molecule has 0 aromatic heterocycles. The van der Waals surface area contributed by atoms with Gasteiger partial charge in [0.05, 0.1) is 11.5 Å². The van der Waals surface area contributed by atoms with Crippen molar-refractivity contribution < 1.29 is 13.2 Å². The number of hydrogen-bond donors (Lipinski definition) is 0. The van der Waals surface area contributed by atoms with Crippen LogP contribution in [0, 0.1) is 5.92 Å². The Hall–Kier alpha value is -1.16. The minimum absolute atomic E-state index is 0.0696. The number of rotatable bonds is 3. The first-order chi connectivity index (χ1) is 8.55. The van der Waals surface area contributed by atoms with Gasteiger partial charge in [-0.3, -0.25) is 4.79 Å². The van der Waals surface area contributed by atoms with Crippen molar-refractivity contribution in [3.8, 4) is 0 Å². The molecule has 2 atom stereocenters. The Labute approximate surface area is 107 Å². The summed E-state index contributed by atoms with van der Waals surface area (Å²) in [5.41, 5.74) is 2.60. The van der Waals surface area contributed by atoms with Gasteiger partial charge in [0, 0.05) is 12.3 Å². The van der Waals surface area contributed by atoms with E-state index in [1.54, 1.807) is 0 Å². The molecule has 3 nitrogen and oxygen atoms in total. The number of carbonyl (C=O) groups excluding carboxylic acids is 1. The van der Waals surface area contributed by atoms with Crippen molar-refractivity contribution in [2.45, 2.75) is 25.2 Å². The number of sulfone groups is 1. The Bertz CT molecular complexity index is 589. The van der Waals surface area contributed by atoms with E-state index in [1.807, 2.05) is 12.1 Å². The first kappa shape index (κ1) is 11.9. The molecule has 0 N–H and O–H groups in total. The van der Waals surface area contributed by atoms with Gasteiger partial charge in [0.1, 0.15) is 5.78 Å². The third-order valence-corrected chi connectivity index (χ3v) is 5.86. The van der Waals surface area contributed by atoms with Gasteiger partial charge in [-0.2, -0.15) is 0 Å². The number of hydrogen-bond acceptors (Lipinski definition) is 3. The first-order valence-corrected chi connectivity index (χ1v) is 8.18. The summed E-state index contributed by atoms with van der Waals surface area (Å²) in [6.07, 6.45) is 1.99. The van der Waals surface area contributed by atoms with Gasteiger partial charge in [-0.15, -0.1) is 0 Å². The molecule has 1 aliphatic carbocycles. The van der Waals surface area contributed by atoms with Crippen molar-refractivity contribution in [2.24, 2.45) is 5.92 Å². The molecule has 96 valence electrons. The van der Waals surface area contributed by atoms with Crippen LogP contribution in [-0.4, -0.2) is 25.7 Å². The Morgan fingerprint density at radius 1 is 1.28 bits per heavy atom. The first-order valence-electron chi connectivity index (χ1n) is 6.36. The van der Waals surface area contributed by atoms with Crippen LogP contribution in [0.4, 0.5) is 0 Å². The zero-order valence-electron chi connectivity index (χ0n) is 10.1. The van der Waals surface area contributed by atoms with Gasteiger partial charge in [-0.1, -0.05) is 24.3 Å². The van der Waals surface area contributed by atoms with Gasteiger partial charge >= 0.3 is 0 Å². The molecule has 1 heterocycles. The zero-order chi connectivity index (χ0) is 12.8. The van der Waals surface area contributed by atoms with E-state index in [4.69, 9.17) is 0 Å². The minimum atomic E-state index is -2.95. The lowest BCUT2D eigenvalue weighted by Gasteiger charge is -2.30. The predicted molar refractivity (Wildman–Crippen MR) is 69.3 cm³/mol. The fourth-order valence-electron chi connectivity index (χ4n) is 3.00. The average Bonchev–Trinajstić information content (AvgIpc) is 2.66. The summed E-state index contributed by atoms with van der Waals surface area (Å²) >= 11 is 0. The van der Waals surface area contributed by atoms with Crippen LogP contribution in [-0.2, 0) is 21.1 Å². The molecule has 4 heteroatoms. The molecular weight excluding hydrogens is 248 g/mol. The van der Waals surface area contributed by atoms with Crippen LogP contribution in [0.3, 0.4) is 0 Å². The molecule has 2 aliphatic rings. The average molecular weight is 264 g/mol. The van der Waals surface area contributed by atoms with Gasteiger partial charge in [0.25, 0.3) is 0 Å². The molecule has 3 rings (SSSR count). The largest absolute Gasteiger partial charge is 0.299 e. The van der Waals surface area contributed by atoms with Gasteiger partial charge in [0.2, 0.25) is 0 Å². The van der Waals surface area contributed by atoms with Crippen LogP contribution in [0.5, 0.6) is 0 Å². The van der Waals surface area contributed by atoms with Gasteiger partial charge < -0.3 is 0 Å². The molecule has 18 heavy (non-hydrogen) atoms. The van der Waals surface area contributed by atoms with E-state index in [1.165, 1.54) is 11.1 Å². The maximum atomic E-state index is 12.1. The second-order valence-corrected chi connectivity index (χ2v) is 7.60. The van der Waals surface area contributed by atoms with E-state index in [2.05, 4.69) is 12.1 Å². The smallest absolute Gasteiger partial charge is 0.151 e. The third kappa shape index (κ3) is 2.09. The van der Waals surface area contributed by atoms with Crippen molar-refractivity contribution in [1.29, 1.82) is 0 Å². The molecule has 1 fully saturated rings. The highest BCUT2D eigenvalue weighted by Crippen LogP contribution is 2.38. The second-order valence-electron chi connectivity index (χ2n) is 5.37. The number of Topliss-reactive ketones (excluding diaryl/α,β-unsaturated/α-hetero) is 1. The molecule has 1 saturated heterocycles. The van der Waals surface area contributed by atoms with E-state index in [-0.39, 0.29) is 23.2 Å². The highest BCUT2D eigenvalue weighted by Gasteiger charge is 2.35. The Balaban J connectivity index is 1.64. The maximum absolute atomic E-state index is 12.1. The highest BCUT2D eigenvalue weighted by atomic mass is 32.2. The van der Waals surface area contributed by atoms with E-state index in [9.17, 15) is 13.2 Å². The standard InChI is InChI=1S/C14H16O3S/c15-14(11-5-6-18(16,17)9-11)8-12-7-10-3-1-2-4-13(10)12/h1-4,11-12H,5-9H2. The lowest BCUT2D eigenvalue weighted by molar-refractivity contribution is -0.122. The highest BCUT2D eigenvalue weighted by molar-refractivity contribution is 7.91. The molecule has 0 spiro atoms. The van der Waals surface area contributed by atoms with Crippen LogP contribution in [0.15, 0.2) is 24.3 Å². The predicted octanol–water partition coefficient (Wildman–Crippen LogP) is 1.72. The fourth-order valence-corrected chi connectivity index (χ4v) is 4.78. The Morgan fingerprint density at radius 2 is 2.06 bits per heavy atom. The van der Waals surface area contributed by atoms with E-state index in [0.29, 0.717) is 18.8 Å². The SMILES string of the molecule is O=C(CC1Cc2ccccc21)C1CCS(=O)(=O)C1. The minimum Gasteiger partial charge on any atom is -0.299 e. The summed E-state index contributed by atoms with van der Waals surface area (Å²) < 4.78 is 22.7. The van der Waals surface area contributed by atoms with Crippen molar-refractivity contribution in [3.63, 3.8) is 0 Å². The summed E-state index contributed by atoms with van der Waals surface area (Å²) in [7, 11) is -2.95. The summed E-state index contributed by atoms with van der Waals surface area (Å²) in [5.74, 6) is 0.459. The van der Waals surface area contributed by atoms with E-state index < -0.39 is 9.84 Å². The van der Waals surface area contributed by atoms with Crippen molar-refractivity contribution >= 4 is 15.6 Å². The molecule has 1 aromatic rings. The molecule has 0 amide bonds. The molecule has 1 aliphatic heterocycles. The molecule has 1 aromatic carbocycles. The summed E-state index contributed by atoms with van der Waals surface area (Å²) in [6.45, 7) is 0. The summed E-state index contributed by atoms with van der Waals surface area (Å²) in [5, 5.41) is 0.